The molecule has 2 rings (SSSR count). The van der Waals surface area contributed by atoms with Gasteiger partial charge < -0.3 is 10.7 Å². The number of halogens is 2. The number of aromatic nitrogens is 2. The molecule has 0 aliphatic rings. The van der Waals surface area contributed by atoms with Crippen LogP contribution in [0.25, 0.3) is 0 Å². The van der Waals surface area contributed by atoms with Gasteiger partial charge in [0.15, 0.2) is 0 Å². The Bertz CT molecular complexity index is 763. The first-order valence-corrected chi connectivity index (χ1v) is 8.22. The van der Waals surface area contributed by atoms with Crippen molar-refractivity contribution in [2.24, 2.45) is 4.99 Å². The number of anilines is 1. The van der Waals surface area contributed by atoms with Gasteiger partial charge in [0, 0.05) is 30.0 Å². The van der Waals surface area contributed by atoms with Crippen molar-refractivity contribution in [1.29, 1.82) is 0 Å². The fourth-order valence-electron chi connectivity index (χ4n) is 1.73. The third-order valence-electron chi connectivity index (χ3n) is 2.84. The monoisotopic (exact) mass is 354 g/mol. The number of H-pyrrole nitrogens is 1. The van der Waals surface area contributed by atoms with E-state index in [1.807, 2.05) is 0 Å². The molecule has 1 atom stereocenters. The number of nitrogen functional groups attached to an aromatic ring is 1. The maximum atomic E-state index is 12.8. The van der Waals surface area contributed by atoms with Gasteiger partial charge in [-0.2, -0.15) is 0 Å². The first-order chi connectivity index (χ1) is 11.0. The minimum absolute atomic E-state index is 0.294. The molecule has 0 saturated heterocycles. The van der Waals surface area contributed by atoms with Crippen LogP contribution < -0.4 is 11.3 Å². The smallest absolute Gasteiger partial charge is 0.258 e. The number of rotatable bonds is 6. The number of thioether (sulfide) groups is 1. The van der Waals surface area contributed by atoms with Crippen LogP contribution in [0.5, 0.6) is 0 Å². The van der Waals surface area contributed by atoms with Gasteiger partial charge in [0.05, 0.1) is 17.1 Å². The quantitative estimate of drug-likeness (QED) is 0.616. The Labute approximate surface area is 142 Å². The summed E-state index contributed by atoms with van der Waals surface area (Å²) in [4.78, 5) is 22.5. The van der Waals surface area contributed by atoms with Gasteiger partial charge in [-0.15, -0.1) is 11.8 Å². The lowest BCUT2D eigenvalue weighted by molar-refractivity contribution is 0.398. The molecule has 5 nitrogen and oxygen atoms in total. The number of aliphatic imine (C=N–C) groups is 1. The Balaban J connectivity index is 2.05. The SMILES string of the molecule is CC(F)CSc1ncc(CN=Cc2c(N)cc[nH]c2=O)cc1Cl. The number of hydrogen-bond donors (Lipinski definition) is 2. The second-order valence-corrected chi connectivity index (χ2v) is 6.28. The Morgan fingerprint density at radius 3 is 3.04 bits per heavy atom. The first kappa shape index (κ1) is 17.5. The van der Waals surface area contributed by atoms with E-state index in [-0.39, 0.29) is 5.56 Å². The van der Waals surface area contributed by atoms with Crippen LogP contribution in [0.1, 0.15) is 18.1 Å². The number of hydrogen-bond acceptors (Lipinski definition) is 5. The Hall–Kier alpha value is -1.86. The summed E-state index contributed by atoms with van der Waals surface area (Å²) in [5, 5.41) is 1.05. The molecular formula is C15H16ClFN4OS. The molecule has 0 spiro atoms. The van der Waals surface area contributed by atoms with E-state index in [0.29, 0.717) is 33.6 Å². The Kier molecular flexibility index (Phi) is 6.18. The van der Waals surface area contributed by atoms with E-state index >= 15 is 0 Å². The Morgan fingerprint density at radius 2 is 2.39 bits per heavy atom. The van der Waals surface area contributed by atoms with E-state index in [4.69, 9.17) is 17.3 Å². The topological polar surface area (TPSA) is 84.1 Å². The van der Waals surface area contributed by atoms with Crippen LogP contribution in [0.2, 0.25) is 5.02 Å². The maximum absolute atomic E-state index is 12.8. The van der Waals surface area contributed by atoms with Crippen molar-refractivity contribution in [2.75, 3.05) is 11.5 Å². The van der Waals surface area contributed by atoms with Gasteiger partial charge in [0.25, 0.3) is 5.56 Å². The summed E-state index contributed by atoms with van der Waals surface area (Å²) in [6.45, 7) is 1.80. The second kappa shape index (κ2) is 8.12. The average Bonchev–Trinajstić information content (AvgIpc) is 2.49. The van der Waals surface area contributed by atoms with Crippen LogP contribution >= 0.6 is 23.4 Å². The molecule has 2 aromatic rings. The van der Waals surface area contributed by atoms with Gasteiger partial charge in [-0.25, -0.2) is 9.37 Å². The highest BCUT2D eigenvalue weighted by molar-refractivity contribution is 7.99. The summed E-state index contributed by atoms with van der Waals surface area (Å²) in [7, 11) is 0. The molecule has 1 unspecified atom stereocenters. The standard InChI is InChI=1S/C15H16ClFN4OS/c1-9(17)8-23-15-12(16)4-10(6-21-15)5-19-7-11-13(18)2-3-20-14(11)22/h2-4,6-7,9H,5,8H2,1H3,(H3,18,20,22). The zero-order chi connectivity index (χ0) is 16.8. The highest BCUT2D eigenvalue weighted by Gasteiger charge is 2.07. The van der Waals surface area contributed by atoms with Crippen LogP contribution in [0.15, 0.2) is 39.3 Å². The minimum Gasteiger partial charge on any atom is -0.398 e. The minimum atomic E-state index is -0.920. The summed E-state index contributed by atoms with van der Waals surface area (Å²) < 4.78 is 12.8. The molecule has 2 aromatic heterocycles. The first-order valence-electron chi connectivity index (χ1n) is 6.85. The molecule has 2 heterocycles. The molecule has 0 radical (unpaired) electrons. The summed E-state index contributed by atoms with van der Waals surface area (Å²) in [6.07, 6.45) is 3.62. The van der Waals surface area contributed by atoms with Crippen molar-refractivity contribution >= 4 is 35.3 Å². The molecular weight excluding hydrogens is 339 g/mol. The van der Waals surface area contributed by atoms with Gasteiger partial charge in [-0.3, -0.25) is 9.79 Å². The molecule has 0 saturated carbocycles. The van der Waals surface area contributed by atoms with E-state index in [1.54, 1.807) is 18.3 Å². The van der Waals surface area contributed by atoms with Crippen molar-refractivity contribution in [3.05, 3.63) is 51.0 Å². The van der Waals surface area contributed by atoms with Crippen molar-refractivity contribution in [2.45, 2.75) is 24.7 Å². The number of nitrogens with zero attached hydrogens (tertiary/aromatic N) is 2. The lowest BCUT2D eigenvalue weighted by Crippen LogP contribution is -2.13. The van der Waals surface area contributed by atoms with Gasteiger partial charge >= 0.3 is 0 Å². The molecule has 0 fully saturated rings. The summed E-state index contributed by atoms with van der Waals surface area (Å²) >= 11 is 7.40. The fourth-order valence-corrected chi connectivity index (χ4v) is 2.80. The van der Waals surface area contributed by atoms with Crippen molar-refractivity contribution in [1.82, 2.24) is 9.97 Å². The predicted molar refractivity (Wildman–Crippen MR) is 93.3 cm³/mol. The van der Waals surface area contributed by atoms with E-state index in [0.717, 1.165) is 5.56 Å². The highest BCUT2D eigenvalue weighted by Crippen LogP contribution is 2.26. The lowest BCUT2D eigenvalue weighted by atomic mass is 10.2. The van der Waals surface area contributed by atoms with E-state index in [1.165, 1.54) is 31.1 Å². The third-order valence-corrected chi connectivity index (χ3v) is 4.47. The van der Waals surface area contributed by atoms with Gasteiger partial charge in [-0.05, 0) is 24.6 Å². The zero-order valence-corrected chi connectivity index (χ0v) is 14.0. The molecule has 122 valence electrons. The average molecular weight is 355 g/mol. The molecule has 0 amide bonds. The third kappa shape index (κ3) is 5.07. The van der Waals surface area contributed by atoms with Gasteiger partial charge in [-0.1, -0.05) is 11.6 Å². The van der Waals surface area contributed by atoms with E-state index in [2.05, 4.69) is 15.0 Å². The van der Waals surface area contributed by atoms with Gasteiger partial charge in [0.2, 0.25) is 0 Å². The van der Waals surface area contributed by atoms with Crippen LogP contribution in [0, 0.1) is 0 Å². The maximum Gasteiger partial charge on any atom is 0.258 e. The zero-order valence-electron chi connectivity index (χ0n) is 12.4. The molecule has 3 N–H and O–H groups in total. The van der Waals surface area contributed by atoms with Crippen molar-refractivity contribution in [3.8, 4) is 0 Å². The van der Waals surface area contributed by atoms with Crippen LogP contribution in [0.4, 0.5) is 10.1 Å². The molecule has 8 heteroatoms. The molecule has 0 aromatic carbocycles. The normalized spacial score (nSPS) is 12.7. The van der Waals surface area contributed by atoms with Crippen LogP contribution in [0.3, 0.4) is 0 Å². The highest BCUT2D eigenvalue weighted by atomic mass is 35.5. The number of nitrogens with two attached hydrogens (primary N) is 1. The molecule has 0 bridgehead atoms. The largest absolute Gasteiger partial charge is 0.398 e. The van der Waals surface area contributed by atoms with Crippen molar-refractivity contribution in [3.63, 3.8) is 0 Å². The van der Waals surface area contributed by atoms with Gasteiger partial charge in [0.1, 0.15) is 11.2 Å². The predicted octanol–water partition coefficient (Wildman–Crippen LogP) is 3.07. The van der Waals surface area contributed by atoms with E-state index in [9.17, 15) is 9.18 Å². The summed E-state index contributed by atoms with van der Waals surface area (Å²) in [5.41, 5.74) is 6.89. The molecule has 0 aliphatic heterocycles. The molecule has 0 aliphatic carbocycles. The summed E-state index contributed by atoms with van der Waals surface area (Å²) in [5.74, 6) is 0.306. The van der Waals surface area contributed by atoms with Crippen LogP contribution in [-0.2, 0) is 6.54 Å². The second-order valence-electron chi connectivity index (χ2n) is 4.87. The van der Waals surface area contributed by atoms with E-state index < -0.39 is 6.17 Å². The lowest BCUT2D eigenvalue weighted by Gasteiger charge is -2.05. The summed E-state index contributed by atoms with van der Waals surface area (Å²) in [6, 6.07) is 3.33. The van der Waals surface area contributed by atoms with Crippen molar-refractivity contribution < 1.29 is 4.39 Å². The fraction of sp³-hybridized carbons (Fsp3) is 0.267. The van der Waals surface area contributed by atoms with Crippen LogP contribution in [-0.4, -0.2) is 28.1 Å². The Morgan fingerprint density at radius 1 is 1.61 bits per heavy atom. The number of pyridine rings is 2. The number of aromatic amines is 1. The number of alkyl halides is 1. The number of nitrogens with one attached hydrogen (secondary N) is 1. The molecule has 23 heavy (non-hydrogen) atoms.